The molecule has 1 atom stereocenters. The molecule has 2 rings (SSSR count). The first-order chi connectivity index (χ1) is 8.66. The summed E-state index contributed by atoms with van der Waals surface area (Å²) >= 11 is 3.32. The number of rotatable bonds is 5. The number of hydrogen-bond donors (Lipinski definition) is 1. The minimum absolute atomic E-state index is 0. The molecule has 19 heavy (non-hydrogen) atoms. The van der Waals surface area contributed by atoms with Crippen molar-refractivity contribution in [3.8, 4) is 0 Å². The van der Waals surface area contributed by atoms with Gasteiger partial charge in [0, 0.05) is 9.75 Å². The fourth-order valence-corrected chi connectivity index (χ4v) is 3.12. The smallest absolute Gasteiger partial charge is 0.239 e. The summed E-state index contributed by atoms with van der Waals surface area (Å²) in [6.45, 7) is 3.00. The zero-order chi connectivity index (χ0) is 13.0. The fraction of sp³-hybridized carbons (Fsp3) is 0.308. The first-order valence-corrected chi connectivity index (χ1v) is 7.52. The van der Waals surface area contributed by atoms with Gasteiger partial charge in [0.1, 0.15) is 0 Å². The predicted octanol–water partition coefficient (Wildman–Crippen LogP) is 3.11. The van der Waals surface area contributed by atoms with Crippen LogP contribution >= 0.6 is 35.1 Å². The van der Waals surface area contributed by atoms with Gasteiger partial charge < -0.3 is 10.6 Å². The van der Waals surface area contributed by atoms with Crippen molar-refractivity contribution in [3.63, 3.8) is 0 Å². The quantitative estimate of drug-likeness (QED) is 0.921. The molecule has 0 saturated heterocycles. The fourth-order valence-electron chi connectivity index (χ4n) is 1.68. The van der Waals surface area contributed by atoms with Crippen LogP contribution in [0.4, 0.5) is 0 Å². The van der Waals surface area contributed by atoms with E-state index < -0.39 is 6.04 Å². The van der Waals surface area contributed by atoms with Crippen molar-refractivity contribution >= 4 is 41.0 Å². The highest BCUT2D eigenvalue weighted by molar-refractivity contribution is 7.10. The minimum Gasteiger partial charge on any atom is -0.331 e. The van der Waals surface area contributed by atoms with Crippen molar-refractivity contribution < 1.29 is 4.79 Å². The summed E-state index contributed by atoms with van der Waals surface area (Å²) in [6, 6.07) is 7.63. The van der Waals surface area contributed by atoms with Gasteiger partial charge in [-0.3, -0.25) is 4.79 Å². The van der Waals surface area contributed by atoms with E-state index in [2.05, 4.69) is 0 Å². The number of nitrogens with two attached hydrogens (primary N) is 1. The first-order valence-electron chi connectivity index (χ1n) is 5.76. The normalized spacial score (nSPS) is 11.7. The van der Waals surface area contributed by atoms with E-state index in [-0.39, 0.29) is 18.3 Å². The molecule has 2 heterocycles. The summed E-state index contributed by atoms with van der Waals surface area (Å²) in [6.07, 6.45) is 0. The average molecular weight is 317 g/mol. The van der Waals surface area contributed by atoms with Crippen LogP contribution in [0.2, 0.25) is 0 Å². The van der Waals surface area contributed by atoms with Crippen LogP contribution in [0.1, 0.15) is 16.7 Å². The van der Waals surface area contributed by atoms with Gasteiger partial charge in [0.05, 0.1) is 19.1 Å². The molecule has 2 aromatic rings. The maximum Gasteiger partial charge on any atom is 0.239 e. The molecule has 0 fully saturated rings. The summed E-state index contributed by atoms with van der Waals surface area (Å²) in [5.41, 5.74) is 5.71. The molecule has 2 aromatic heterocycles. The van der Waals surface area contributed by atoms with Crippen molar-refractivity contribution in [3.05, 3.63) is 44.8 Å². The van der Waals surface area contributed by atoms with Crippen LogP contribution in [-0.2, 0) is 17.9 Å². The Hall–Kier alpha value is -0.880. The van der Waals surface area contributed by atoms with Crippen LogP contribution in [-0.4, -0.2) is 16.8 Å². The lowest BCUT2D eigenvalue weighted by Crippen LogP contribution is -2.41. The van der Waals surface area contributed by atoms with E-state index in [1.165, 1.54) is 9.75 Å². The molecule has 0 saturated carbocycles. The van der Waals surface area contributed by atoms with Gasteiger partial charge in [-0.2, -0.15) is 0 Å². The molecule has 0 spiro atoms. The molecular formula is C13H17ClN2OS2. The third-order valence-corrected chi connectivity index (χ3v) is 4.28. The van der Waals surface area contributed by atoms with Gasteiger partial charge in [0.2, 0.25) is 5.91 Å². The number of thiophene rings is 2. The average Bonchev–Trinajstić information content (AvgIpc) is 2.99. The number of carbonyl (C=O) groups is 1. The SMILES string of the molecule is CC(N)C(=O)N(Cc1cccs1)Cc1cccs1.Cl. The van der Waals surface area contributed by atoms with E-state index in [1.54, 1.807) is 29.6 Å². The number of carbonyl (C=O) groups excluding carboxylic acids is 1. The molecule has 0 radical (unpaired) electrons. The molecule has 104 valence electrons. The number of amides is 1. The summed E-state index contributed by atoms with van der Waals surface area (Å²) in [7, 11) is 0. The Bertz CT molecular complexity index is 446. The zero-order valence-electron chi connectivity index (χ0n) is 10.6. The summed E-state index contributed by atoms with van der Waals surface area (Å²) in [4.78, 5) is 16.3. The minimum atomic E-state index is -0.454. The van der Waals surface area contributed by atoms with Gasteiger partial charge in [0.15, 0.2) is 0 Å². The molecule has 0 aliphatic heterocycles. The molecular weight excluding hydrogens is 300 g/mol. The molecule has 3 nitrogen and oxygen atoms in total. The molecule has 0 bridgehead atoms. The third kappa shape index (κ3) is 4.62. The van der Waals surface area contributed by atoms with Crippen LogP contribution in [0.25, 0.3) is 0 Å². The third-order valence-electron chi connectivity index (χ3n) is 2.55. The van der Waals surface area contributed by atoms with Crippen LogP contribution in [0.3, 0.4) is 0 Å². The highest BCUT2D eigenvalue weighted by Gasteiger charge is 2.18. The lowest BCUT2D eigenvalue weighted by atomic mass is 10.2. The van der Waals surface area contributed by atoms with Gasteiger partial charge in [-0.05, 0) is 29.8 Å². The van der Waals surface area contributed by atoms with Crippen molar-refractivity contribution in [2.75, 3.05) is 0 Å². The second kappa shape index (κ2) is 7.65. The Morgan fingerprint density at radius 3 is 2.00 bits per heavy atom. The summed E-state index contributed by atoms with van der Waals surface area (Å²) in [5, 5.41) is 4.05. The van der Waals surface area contributed by atoms with Crippen molar-refractivity contribution in [2.45, 2.75) is 26.1 Å². The topological polar surface area (TPSA) is 46.3 Å². The zero-order valence-corrected chi connectivity index (χ0v) is 13.1. The molecule has 0 aromatic carbocycles. The molecule has 1 unspecified atom stereocenters. The van der Waals surface area contributed by atoms with Gasteiger partial charge >= 0.3 is 0 Å². The lowest BCUT2D eigenvalue weighted by molar-refractivity contribution is -0.133. The van der Waals surface area contributed by atoms with E-state index in [9.17, 15) is 4.79 Å². The predicted molar refractivity (Wildman–Crippen MR) is 83.8 cm³/mol. The van der Waals surface area contributed by atoms with E-state index in [1.807, 2.05) is 39.9 Å². The largest absolute Gasteiger partial charge is 0.331 e. The Balaban J connectivity index is 0.00000180. The Morgan fingerprint density at radius 1 is 1.21 bits per heavy atom. The highest BCUT2D eigenvalue weighted by Crippen LogP contribution is 2.17. The lowest BCUT2D eigenvalue weighted by Gasteiger charge is -2.23. The number of nitrogens with zero attached hydrogens (tertiary/aromatic N) is 1. The van der Waals surface area contributed by atoms with E-state index >= 15 is 0 Å². The van der Waals surface area contributed by atoms with Crippen LogP contribution in [0, 0.1) is 0 Å². The summed E-state index contributed by atoms with van der Waals surface area (Å²) in [5.74, 6) is -0.00296. The van der Waals surface area contributed by atoms with Crippen molar-refractivity contribution in [1.82, 2.24) is 4.90 Å². The van der Waals surface area contributed by atoms with Crippen LogP contribution < -0.4 is 5.73 Å². The highest BCUT2D eigenvalue weighted by atomic mass is 35.5. The molecule has 1 amide bonds. The maximum absolute atomic E-state index is 12.1. The van der Waals surface area contributed by atoms with Gasteiger partial charge in [-0.25, -0.2) is 0 Å². The van der Waals surface area contributed by atoms with Gasteiger partial charge in [-0.15, -0.1) is 35.1 Å². The Morgan fingerprint density at radius 2 is 1.68 bits per heavy atom. The van der Waals surface area contributed by atoms with Crippen LogP contribution in [0.15, 0.2) is 35.0 Å². The maximum atomic E-state index is 12.1. The van der Waals surface area contributed by atoms with E-state index in [4.69, 9.17) is 5.73 Å². The monoisotopic (exact) mass is 316 g/mol. The molecule has 0 aliphatic carbocycles. The second-order valence-electron chi connectivity index (χ2n) is 4.14. The number of hydrogen-bond acceptors (Lipinski definition) is 4. The van der Waals surface area contributed by atoms with E-state index in [0.29, 0.717) is 13.1 Å². The Kier molecular flexibility index (Phi) is 6.51. The second-order valence-corrected chi connectivity index (χ2v) is 6.21. The van der Waals surface area contributed by atoms with Crippen molar-refractivity contribution in [2.24, 2.45) is 5.73 Å². The first kappa shape index (κ1) is 16.2. The molecule has 2 N–H and O–H groups in total. The standard InChI is InChI=1S/C13H16N2OS2.ClH/c1-10(14)13(16)15(8-11-4-2-6-17-11)9-12-5-3-7-18-12;/h2-7,10H,8-9,14H2,1H3;1H. The van der Waals surface area contributed by atoms with Gasteiger partial charge in [-0.1, -0.05) is 12.1 Å². The van der Waals surface area contributed by atoms with Crippen molar-refractivity contribution in [1.29, 1.82) is 0 Å². The van der Waals surface area contributed by atoms with Gasteiger partial charge in [0.25, 0.3) is 0 Å². The summed E-state index contributed by atoms with van der Waals surface area (Å²) < 4.78 is 0. The Labute approximate surface area is 127 Å². The molecule has 6 heteroatoms. The molecule has 0 aliphatic rings. The van der Waals surface area contributed by atoms with E-state index in [0.717, 1.165) is 0 Å². The van der Waals surface area contributed by atoms with Crippen LogP contribution in [0.5, 0.6) is 0 Å². The number of halogens is 1.